The molecular weight excluding hydrogens is 408 g/mol. The third-order valence-corrected chi connectivity index (χ3v) is 5.07. The summed E-state index contributed by atoms with van der Waals surface area (Å²) in [5, 5.41) is 13.7. The minimum atomic E-state index is -0.628. The van der Waals surface area contributed by atoms with Crippen molar-refractivity contribution in [3.05, 3.63) is 60.7 Å². The van der Waals surface area contributed by atoms with Crippen molar-refractivity contribution in [2.75, 3.05) is 29.7 Å². The first-order valence-electron chi connectivity index (χ1n) is 10.8. The molecule has 9 heteroatoms. The van der Waals surface area contributed by atoms with E-state index in [2.05, 4.69) is 15.6 Å². The summed E-state index contributed by atoms with van der Waals surface area (Å²) in [6.45, 7) is 3.48. The molecule has 2 aliphatic heterocycles. The second kappa shape index (κ2) is 10.1. The van der Waals surface area contributed by atoms with E-state index in [1.165, 1.54) is 10.0 Å². The maximum atomic E-state index is 13.3. The summed E-state index contributed by atoms with van der Waals surface area (Å²) < 4.78 is 5.22. The highest BCUT2D eigenvalue weighted by Crippen LogP contribution is 2.24. The van der Waals surface area contributed by atoms with Gasteiger partial charge in [0.15, 0.2) is 0 Å². The fourth-order valence-electron chi connectivity index (χ4n) is 3.53. The van der Waals surface area contributed by atoms with Gasteiger partial charge in [-0.05, 0) is 44.0 Å². The number of piperidine rings is 1. The van der Waals surface area contributed by atoms with Crippen molar-refractivity contribution in [3.63, 3.8) is 0 Å². The molecule has 1 saturated heterocycles. The van der Waals surface area contributed by atoms with Crippen LogP contribution in [0, 0.1) is 0 Å². The number of esters is 1. The fraction of sp³-hybridized carbons (Fsp3) is 0.304. The molecule has 32 heavy (non-hydrogen) atoms. The van der Waals surface area contributed by atoms with Gasteiger partial charge < -0.3 is 4.74 Å². The number of hydrazine groups is 1. The van der Waals surface area contributed by atoms with Gasteiger partial charge >= 0.3 is 11.9 Å². The molecule has 1 amide bonds. The summed E-state index contributed by atoms with van der Waals surface area (Å²) in [7, 11) is 0. The topological polar surface area (TPSA) is 89.8 Å². The van der Waals surface area contributed by atoms with Crippen LogP contribution in [0.3, 0.4) is 0 Å². The van der Waals surface area contributed by atoms with Gasteiger partial charge in [0.05, 0.1) is 18.0 Å². The van der Waals surface area contributed by atoms with Gasteiger partial charge in [-0.25, -0.2) is 19.8 Å². The molecule has 0 aliphatic carbocycles. The summed E-state index contributed by atoms with van der Waals surface area (Å²) in [6, 6.07) is 18.2. The molecule has 0 bridgehead atoms. The molecule has 0 saturated carbocycles. The van der Waals surface area contributed by atoms with E-state index < -0.39 is 11.9 Å². The lowest BCUT2D eigenvalue weighted by Crippen LogP contribution is -2.54. The largest absolute Gasteiger partial charge is 0.460 e. The van der Waals surface area contributed by atoms with Crippen molar-refractivity contribution in [1.29, 1.82) is 0 Å². The lowest BCUT2D eigenvalue weighted by atomic mass is 10.2. The van der Waals surface area contributed by atoms with Crippen molar-refractivity contribution in [2.24, 2.45) is 10.2 Å². The predicted molar refractivity (Wildman–Crippen MR) is 123 cm³/mol. The van der Waals surface area contributed by atoms with Gasteiger partial charge in [-0.1, -0.05) is 42.8 Å². The van der Waals surface area contributed by atoms with Gasteiger partial charge in [0.2, 0.25) is 5.84 Å². The van der Waals surface area contributed by atoms with Crippen molar-refractivity contribution in [2.45, 2.75) is 26.2 Å². The smallest absolute Gasteiger partial charge is 0.378 e. The minimum Gasteiger partial charge on any atom is -0.460 e. The van der Waals surface area contributed by atoms with E-state index in [4.69, 9.17) is 4.74 Å². The average Bonchev–Trinajstić information content (AvgIpc) is 2.85. The number of nitrogens with zero attached hydrogens (tertiary/aromatic N) is 5. The second-order valence-corrected chi connectivity index (χ2v) is 7.35. The van der Waals surface area contributed by atoms with Crippen molar-refractivity contribution in [1.82, 2.24) is 10.4 Å². The number of amides is 1. The van der Waals surface area contributed by atoms with Gasteiger partial charge in [0.25, 0.3) is 5.84 Å². The third-order valence-electron chi connectivity index (χ3n) is 5.07. The average molecular weight is 435 g/mol. The Morgan fingerprint density at radius 3 is 1.94 bits per heavy atom. The number of ether oxygens (including phenoxy) is 1. The molecule has 2 heterocycles. The van der Waals surface area contributed by atoms with Crippen LogP contribution < -0.4 is 15.4 Å². The third kappa shape index (κ3) is 4.78. The summed E-state index contributed by atoms with van der Waals surface area (Å²) in [6.07, 6.45) is 3.20. The molecule has 0 unspecified atom stereocenters. The molecule has 2 aliphatic rings. The van der Waals surface area contributed by atoms with Gasteiger partial charge in [-0.3, -0.25) is 10.2 Å². The van der Waals surface area contributed by atoms with E-state index >= 15 is 0 Å². The number of amidine groups is 2. The Kier molecular flexibility index (Phi) is 6.76. The molecule has 1 fully saturated rings. The van der Waals surface area contributed by atoms with Crippen LogP contribution in [0.4, 0.5) is 11.4 Å². The fourth-order valence-corrected chi connectivity index (χ4v) is 3.53. The monoisotopic (exact) mass is 434 g/mol. The summed E-state index contributed by atoms with van der Waals surface area (Å²) in [4.78, 5) is 26.0. The molecule has 9 nitrogen and oxygen atoms in total. The molecule has 4 rings (SSSR count). The van der Waals surface area contributed by atoms with Crippen molar-refractivity contribution >= 4 is 34.9 Å². The molecule has 1 N–H and O–H groups in total. The van der Waals surface area contributed by atoms with Crippen LogP contribution in [0.25, 0.3) is 0 Å². The van der Waals surface area contributed by atoms with E-state index in [1.54, 1.807) is 31.2 Å². The van der Waals surface area contributed by atoms with Crippen LogP contribution >= 0.6 is 0 Å². The van der Waals surface area contributed by atoms with Crippen molar-refractivity contribution in [3.8, 4) is 0 Å². The highest BCUT2D eigenvalue weighted by atomic mass is 16.5. The predicted octanol–water partition coefficient (Wildman–Crippen LogP) is 2.72. The summed E-state index contributed by atoms with van der Waals surface area (Å²) >= 11 is 0. The number of anilines is 2. The van der Waals surface area contributed by atoms with E-state index in [9.17, 15) is 9.59 Å². The molecule has 0 aromatic heterocycles. The molecule has 0 atom stereocenters. The summed E-state index contributed by atoms with van der Waals surface area (Å²) in [5.74, 6) is -1.00. The lowest BCUT2D eigenvalue weighted by molar-refractivity contribution is -0.135. The highest BCUT2D eigenvalue weighted by molar-refractivity contribution is 6.48. The SMILES string of the molecule is CCOC(=O)C1=NN(c2ccccc2)C(C(=O)NN2CCCCC2)=NN1c1ccccc1. The zero-order valence-electron chi connectivity index (χ0n) is 18.0. The Hall–Kier alpha value is -3.72. The lowest BCUT2D eigenvalue weighted by Gasteiger charge is -2.32. The Bertz CT molecular complexity index is 1000. The molecule has 166 valence electrons. The van der Waals surface area contributed by atoms with Gasteiger partial charge in [-0.15, -0.1) is 10.2 Å². The maximum absolute atomic E-state index is 13.3. The maximum Gasteiger partial charge on any atom is 0.378 e. The van der Waals surface area contributed by atoms with Crippen molar-refractivity contribution < 1.29 is 14.3 Å². The summed E-state index contributed by atoms with van der Waals surface area (Å²) in [5.41, 5.74) is 4.14. The Morgan fingerprint density at radius 2 is 1.38 bits per heavy atom. The number of benzene rings is 2. The van der Waals surface area contributed by atoms with Crippen LogP contribution in [0.5, 0.6) is 0 Å². The number of hydrazone groups is 2. The first-order chi connectivity index (χ1) is 15.7. The van der Waals surface area contributed by atoms with Gasteiger partial charge in [-0.2, -0.15) is 0 Å². The number of hydrogen-bond acceptors (Lipinski definition) is 8. The number of carbonyl (C=O) groups is 2. The van der Waals surface area contributed by atoms with E-state index in [-0.39, 0.29) is 18.3 Å². The van der Waals surface area contributed by atoms with Crippen LogP contribution in [-0.2, 0) is 14.3 Å². The number of hydrogen-bond donors (Lipinski definition) is 1. The molecule has 2 aromatic rings. The Morgan fingerprint density at radius 1 is 0.844 bits per heavy atom. The van der Waals surface area contributed by atoms with E-state index in [0.717, 1.165) is 32.4 Å². The second-order valence-electron chi connectivity index (χ2n) is 7.35. The number of rotatable bonds is 6. The molecule has 2 aromatic carbocycles. The zero-order chi connectivity index (χ0) is 22.3. The zero-order valence-corrected chi connectivity index (χ0v) is 18.0. The standard InChI is InChI=1S/C23H26N6O3/c1-2-32-23(31)21-25-28(18-12-6-3-7-13-18)20(22(30)26-27-16-10-5-11-17-27)24-29(21)19-14-8-4-9-15-19/h3-4,6-9,12-15H,2,5,10-11,16-17H2,1H3,(H,26,30). The van der Waals surface area contributed by atoms with Crippen LogP contribution in [0.2, 0.25) is 0 Å². The Labute approximate surface area is 186 Å². The molecular formula is C23H26N6O3. The van der Waals surface area contributed by atoms with E-state index in [0.29, 0.717) is 11.4 Å². The van der Waals surface area contributed by atoms with E-state index in [1.807, 2.05) is 41.4 Å². The van der Waals surface area contributed by atoms with Crippen LogP contribution in [0.15, 0.2) is 70.9 Å². The van der Waals surface area contributed by atoms with Crippen LogP contribution in [-0.4, -0.2) is 48.3 Å². The normalized spacial score (nSPS) is 16.8. The first-order valence-corrected chi connectivity index (χ1v) is 10.8. The highest BCUT2D eigenvalue weighted by Gasteiger charge is 2.34. The molecule has 0 radical (unpaired) electrons. The quantitative estimate of drug-likeness (QED) is 0.703. The Balaban J connectivity index is 1.74. The van der Waals surface area contributed by atoms with Gasteiger partial charge in [0.1, 0.15) is 0 Å². The number of para-hydroxylation sites is 2. The first kappa shape index (κ1) is 21.5. The van der Waals surface area contributed by atoms with Gasteiger partial charge in [0, 0.05) is 13.1 Å². The van der Waals surface area contributed by atoms with Crippen LogP contribution in [0.1, 0.15) is 26.2 Å². The number of nitrogens with one attached hydrogen (secondary N) is 1. The molecule has 0 spiro atoms. The number of carbonyl (C=O) groups excluding carboxylic acids is 2. The minimum absolute atomic E-state index is 0.0311.